The van der Waals surface area contributed by atoms with Crippen molar-refractivity contribution in [3.8, 4) is 23.5 Å². The summed E-state index contributed by atoms with van der Waals surface area (Å²) in [5, 5.41) is 11.9. The molecule has 170 valence electrons. The Bertz CT molecular complexity index is 1080. The molecule has 1 fully saturated rings. The van der Waals surface area contributed by atoms with Crippen molar-refractivity contribution in [3.63, 3.8) is 0 Å². The van der Waals surface area contributed by atoms with Crippen molar-refractivity contribution in [3.05, 3.63) is 59.7 Å². The minimum absolute atomic E-state index is 0.00829. The van der Waals surface area contributed by atoms with Gasteiger partial charge in [-0.15, -0.1) is 12.3 Å². The van der Waals surface area contributed by atoms with Crippen LogP contribution in [0.3, 0.4) is 0 Å². The molecule has 0 aromatic heterocycles. The predicted molar refractivity (Wildman–Crippen MR) is 122 cm³/mol. The summed E-state index contributed by atoms with van der Waals surface area (Å²) in [4.78, 5) is 38.4. The molecule has 2 aliphatic rings. The number of nitrogens with one attached hydrogen (secondary N) is 1. The van der Waals surface area contributed by atoms with Crippen LogP contribution in [0.5, 0.6) is 0 Å². The average Bonchev–Trinajstić information content (AvgIpc) is 3.35. The van der Waals surface area contributed by atoms with Gasteiger partial charge in [0, 0.05) is 25.4 Å². The minimum Gasteiger partial charge on any atom is -0.481 e. The van der Waals surface area contributed by atoms with E-state index in [1.807, 2.05) is 36.4 Å². The lowest BCUT2D eigenvalue weighted by atomic mass is 9.98. The van der Waals surface area contributed by atoms with E-state index in [1.54, 1.807) is 6.92 Å². The third kappa shape index (κ3) is 4.42. The highest BCUT2D eigenvalue weighted by molar-refractivity contribution is 5.87. The van der Waals surface area contributed by atoms with E-state index in [9.17, 15) is 19.5 Å². The van der Waals surface area contributed by atoms with Crippen molar-refractivity contribution in [2.24, 2.45) is 11.8 Å². The van der Waals surface area contributed by atoms with Crippen LogP contribution in [-0.2, 0) is 14.3 Å². The maximum absolute atomic E-state index is 12.9. The van der Waals surface area contributed by atoms with Gasteiger partial charge >= 0.3 is 12.1 Å². The van der Waals surface area contributed by atoms with Crippen LogP contribution in [0.25, 0.3) is 11.1 Å². The first kappa shape index (κ1) is 22.4. The highest BCUT2D eigenvalue weighted by Crippen LogP contribution is 2.44. The van der Waals surface area contributed by atoms with Crippen LogP contribution in [0.4, 0.5) is 4.79 Å². The number of hydrogen-bond acceptors (Lipinski definition) is 4. The molecule has 7 heteroatoms. The lowest BCUT2D eigenvalue weighted by Crippen LogP contribution is -2.48. The number of amides is 2. The molecule has 7 nitrogen and oxygen atoms in total. The Morgan fingerprint density at radius 2 is 1.73 bits per heavy atom. The summed E-state index contributed by atoms with van der Waals surface area (Å²) in [5.74, 6) is 0.186. The topological polar surface area (TPSA) is 95.9 Å². The predicted octanol–water partition coefficient (Wildman–Crippen LogP) is 3.10. The van der Waals surface area contributed by atoms with Gasteiger partial charge < -0.3 is 20.1 Å². The maximum Gasteiger partial charge on any atom is 0.407 e. The van der Waals surface area contributed by atoms with Crippen molar-refractivity contribution in [1.29, 1.82) is 0 Å². The lowest BCUT2D eigenvalue weighted by molar-refractivity contribution is -0.142. The standard InChI is InChI=1S/C26H26N2O5/c1-3-8-23(24(29)28-13-16(2)21(14-28)25(30)31)27-26(32)33-15-22-19-11-6-4-9-17(19)18-10-5-7-12-20(18)22/h1,4-7,9-12,16,21-23H,8,13-15H2,2H3,(H,27,32)(H,30,31). The molecule has 0 bridgehead atoms. The largest absolute Gasteiger partial charge is 0.481 e. The molecule has 2 aromatic rings. The van der Waals surface area contributed by atoms with Crippen LogP contribution in [0.1, 0.15) is 30.4 Å². The van der Waals surface area contributed by atoms with E-state index in [4.69, 9.17) is 11.2 Å². The number of fused-ring (bicyclic) bond motifs is 3. The van der Waals surface area contributed by atoms with Gasteiger partial charge in [0.2, 0.25) is 5.91 Å². The first-order chi connectivity index (χ1) is 15.9. The number of rotatable bonds is 6. The molecule has 1 aliphatic carbocycles. The molecule has 0 saturated carbocycles. The van der Waals surface area contributed by atoms with Gasteiger partial charge in [0.1, 0.15) is 12.6 Å². The Kier molecular flexibility index (Phi) is 6.36. The summed E-state index contributed by atoms with van der Waals surface area (Å²) >= 11 is 0. The van der Waals surface area contributed by atoms with Gasteiger partial charge in [-0.3, -0.25) is 9.59 Å². The van der Waals surface area contributed by atoms with E-state index in [0.717, 1.165) is 22.3 Å². The number of alkyl carbamates (subject to hydrolysis) is 1. The molecule has 33 heavy (non-hydrogen) atoms. The van der Waals surface area contributed by atoms with E-state index in [2.05, 4.69) is 23.4 Å². The minimum atomic E-state index is -0.967. The molecule has 2 aromatic carbocycles. The number of carboxylic acid groups (broad SMARTS) is 1. The normalized spacial score (nSPS) is 19.8. The number of terminal acetylenes is 1. The van der Waals surface area contributed by atoms with Crippen molar-refractivity contribution < 1.29 is 24.2 Å². The van der Waals surface area contributed by atoms with Gasteiger partial charge in [-0.1, -0.05) is 55.5 Å². The number of nitrogens with zero attached hydrogens (tertiary/aromatic N) is 1. The number of likely N-dealkylation sites (tertiary alicyclic amines) is 1. The van der Waals surface area contributed by atoms with Gasteiger partial charge in [0.15, 0.2) is 0 Å². The highest BCUT2D eigenvalue weighted by atomic mass is 16.5. The maximum atomic E-state index is 12.9. The van der Waals surface area contributed by atoms with Crippen LogP contribution < -0.4 is 5.32 Å². The Morgan fingerprint density at radius 1 is 1.12 bits per heavy atom. The fraction of sp³-hybridized carbons (Fsp3) is 0.346. The van der Waals surface area contributed by atoms with E-state index in [-0.39, 0.29) is 31.4 Å². The summed E-state index contributed by atoms with van der Waals surface area (Å²) in [6.07, 6.45) is 4.68. The number of ether oxygens (including phenoxy) is 1. The van der Waals surface area contributed by atoms with E-state index in [1.165, 1.54) is 4.90 Å². The van der Waals surface area contributed by atoms with Crippen LogP contribution in [0, 0.1) is 24.2 Å². The summed E-state index contributed by atoms with van der Waals surface area (Å²) in [6.45, 7) is 2.33. The Hall–Kier alpha value is -3.79. The van der Waals surface area contributed by atoms with Crippen LogP contribution >= 0.6 is 0 Å². The average molecular weight is 447 g/mol. The number of hydrogen-bond donors (Lipinski definition) is 2. The van der Waals surface area contributed by atoms with Gasteiger partial charge in [-0.2, -0.15) is 0 Å². The Labute approximate surface area is 192 Å². The number of carbonyl (C=O) groups is 3. The van der Waals surface area contributed by atoms with Crippen LogP contribution in [-0.4, -0.2) is 53.7 Å². The summed E-state index contributed by atoms with van der Waals surface area (Å²) < 4.78 is 5.53. The highest BCUT2D eigenvalue weighted by Gasteiger charge is 2.39. The zero-order valence-corrected chi connectivity index (χ0v) is 18.4. The molecule has 1 saturated heterocycles. The van der Waals surface area contributed by atoms with Gasteiger partial charge in [0.05, 0.1) is 5.92 Å². The summed E-state index contributed by atoms with van der Waals surface area (Å²) in [6, 6.07) is 15.1. The zero-order chi connectivity index (χ0) is 23.5. The molecule has 2 amide bonds. The van der Waals surface area contributed by atoms with Crippen molar-refractivity contribution in [2.75, 3.05) is 19.7 Å². The number of aliphatic carboxylic acids is 1. The molecule has 3 unspecified atom stereocenters. The second-order valence-corrected chi connectivity index (χ2v) is 8.60. The van der Waals surface area contributed by atoms with Crippen molar-refractivity contribution >= 4 is 18.0 Å². The molecule has 1 aliphatic heterocycles. The summed E-state index contributed by atoms with van der Waals surface area (Å²) in [5.41, 5.74) is 4.43. The molecule has 4 rings (SSSR count). The number of carboxylic acids is 1. The second kappa shape index (κ2) is 9.37. The van der Waals surface area contributed by atoms with E-state index >= 15 is 0 Å². The monoisotopic (exact) mass is 446 g/mol. The zero-order valence-electron chi connectivity index (χ0n) is 18.4. The van der Waals surface area contributed by atoms with Crippen molar-refractivity contribution in [1.82, 2.24) is 10.2 Å². The van der Waals surface area contributed by atoms with Crippen LogP contribution in [0.15, 0.2) is 48.5 Å². The van der Waals surface area contributed by atoms with Gasteiger partial charge in [0.25, 0.3) is 0 Å². The third-order valence-corrected chi connectivity index (χ3v) is 6.50. The van der Waals surface area contributed by atoms with Crippen LogP contribution in [0.2, 0.25) is 0 Å². The first-order valence-corrected chi connectivity index (χ1v) is 11.0. The number of carbonyl (C=O) groups excluding carboxylic acids is 2. The lowest BCUT2D eigenvalue weighted by Gasteiger charge is -2.23. The molecular weight excluding hydrogens is 420 g/mol. The molecule has 0 spiro atoms. The fourth-order valence-electron chi connectivity index (χ4n) is 4.79. The SMILES string of the molecule is C#CCC(NC(=O)OCC1c2ccccc2-c2ccccc21)C(=O)N1CC(C)C(C(=O)O)C1. The number of benzene rings is 2. The molecule has 2 N–H and O–H groups in total. The van der Waals surface area contributed by atoms with Gasteiger partial charge in [-0.05, 0) is 28.2 Å². The first-order valence-electron chi connectivity index (χ1n) is 11.0. The fourth-order valence-corrected chi connectivity index (χ4v) is 4.79. The Balaban J connectivity index is 1.41. The molecular formula is C26H26N2O5. The second-order valence-electron chi connectivity index (χ2n) is 8.60. The molecule has 0 radical (unpaired) electrons. The summed E-state index contributed by atoms with van der Waals surface area (Å²) in [7, 11) is 0. The van der Waals surface area contributed by atoms with Crippen molar-refractivity contribution in [2.45, 2.75) is 25.3 Å². The third-order valence-electron chi connectivity index (χ3n) is 6.50. The van der Waals surface area contributed by atoms with E-state index in [0.29, 0.717) is 6.54 Å². The van der Waals surface area contributed by atoms with E-state index < -0.39 is 29.9 Å². The molecule has 3 atom stereocenters. The molecule has 1 heterocycles. The Morgan fingerprint density at radius 3 is 2.27 bits per heavy atom. The van der Waals surface area contributed by atoms with Gasteiger partial charge in [-0.25, -0.2) is 4.79 Å². The quantitative estimate of drug-likeness (QED) is 0.665. The smallest absolute Gasteiger partial charge is 0.407 e.